The lowest BCUT2D eigenvalue weighted by Crippen LogP contribution is -2.33. The second-order valence-electron chi connectivity index (χ2n) is 6.96. The topological polar surface area (TPSA) is 79.4 Å². The maximum Gasteiger partial charge on any atom is 0.254 e. The van der Waals surface area contributed by atoms with E-state index in [4.69, 9.17) is 23.7 Å². The number of rotatable bonds is 12. The van der Waals surface area contributed by atoms with Gasteiger partial charge in [-0.25, -0.2) is 4.98 Å². The Morgan fingerprint density at radius 1 is 1.00 bits per heavy atom. The Balaban J connectivity index is 1.70. The molecule has 1 aromatic heterocycles. The second-order valence-corrected chi connectivity index (χ2v) is 7.91. The van der Waals surface area contributed by atoms with Gasteiger partial charge in [-0.1, -0.05) is 12.1 Å². The maximum absolute atomic E-state index is 13.1. The summed E-state index contributed by atoms with van der Waals surface area (Å²) in [5.74, 6) is 2.21. The minimum Gasteiger partial charge on any atom is -0.497 e. The third kappa shape index (κ3) is 6.36. The van der Waals surface area contributed by atoms with Crippen LogP contribution in [0.4, 0.5) is 0 Å². The third-order valence-corrected chi connectivity index (χ3v) is 5.72. The number of hydrogen-bond acceptors (Lipinski definition) is 8. The lowest BCUT2D eigenvalue weighted by Gasteiger charge is -2.22. The molecule has 0 aliphatic carbocycles. The predicted octanol–water partition coefficient (Wildman–Crippen LogP) is 4.04. The summed E-state index contributed by atoms with van der Waals surface area (Å²) in [6.45, 7) is 1.47. The Bertz CT molecular complexity index is 1030. The SMILES string of the molecule is COCCN(Cc1csc(COc2c(OC)cccc2OC)n1)C(=O)c1cccc(OC)c1. The second kappa shape index (κ2) is 12.1. The first-order chi connectivity index (χ1) is 16.1. The molecule has 0 atom stereocenters. The Morgan fingerprint density at radius 2 is 1.73 bits per heavy atom. The highest BCUT2D eigenvalue weighted by molar-refractivity contribution is 7.09. The molecule has 1 heterocycles. The van der Waals surface area contributed by atoms with Crippen molar-refractivity contribution in [2.24, 2.45) is 0 Å². The number of hydrogen-bond donors (Lipinski definition) is 0. The Kier molecular flexibility index (Phi) is 8.91. The van der Waals surface area contributed by atoms with Gasteiger partial charge in [-0.15, -0.1) is 11.3 Å². The molecular weight excluding hydrogens is 444 g/mol. The molecule has 176 valence electrons. The number of amides is 1. The van der Waals surface area contributed by atoms with E-state index in [9.17, 15) is 4.79 Å². The largest absolute Gasteiger partial charge is 0.497 e. The van der Waals surface area contributed by atoms with Crippen molar-refractivity contribution in [1.29, 1.82) is 0 Å². The summed E-state index contributed by atoms with van der Waals surface area (Å²) in [4.78, 5) is 19.5. The van der Waals surface area contributed by atoms with Gasteiger partial charge in [0, 0.05) is 24.6 Å². The number of ether oxygens (including phenoxy) is 5. The van der Waals surface area contributed by atoms with Gasteiger partial charge in [-0.3, -0.25) is 4.79 Å². The highest BCUT2D eigenvalue weighted by Crippen LogP contribution is 2.37. The van der Waals surface area contributed by atoms with Gasteiger partial charge in [0.05, 0.1) is 40.2 Å². The summed E-state index contributed by atoms with van der Waals surface area (Å²) >= 11 is 1.47. The maximum atomic E-state index is 13.1. The summed E-state index contributed by atoms with van der Waals surface area (Å²) in [6, 6.07) is 12.5. The van der Waals surface area contributed by atoms with Crippen LogP contribution < -0.4 is 18.9 Å². The lowest BCUT2D eigenvalue weighted by atomic mass is 10.2. The number of carbonyl (C=O) groups is 1. The fraction of sp³-hybridized carbons (Fsp3) is 0.333. The van der Waals surface area contributed by atoms with E-state index in [-0.39, 0.29) is 12.5 Å². The van der Waals surface area contributed by atoms with E-state index in [0.717, 1.165) is 10.7 Å². The van der Waals surface area contributed by atoms with Crippen LogP contribution in [0.2, 0.25) is 0 Å². The van der Waals surface area contributed by atoms with E-state index in [1.54, 1.807) is 57.6 Å². The predicted molar refractivity (Wildman–Crippen MR) is 126 cm³/mol. The van der Waals surface area contributed by atoms with E-state index >= 15 is 0 Å². The highest BCUT2D eigenvalue weighted by Gasteiger charge is 2.19. The molecule has 3 rings (SSSR count). The molecule has 0 aliphatic rings. The molecule has 0 saturated heterocycles. The quantitative estimate of drug-likeness (QED) is 0.394. The van der Waals surface area contributed by atoms with Gasteiger partial charge in [0.15, 0.2) is 11.5 Å². The average Bonchev–Trinajstić information content (AvgIpc) is 3.31. The first-order valence-corrected chi connectivity index (χ1v) is 11.2. The third-order valence-electron chi connectivity index (χ3n) is 4.84. The molecule has 1 amide bonds. The Morgan fingerprint density at radius 3 is 2.39 bits per heavy atom. The van der Waals surface area contributed by atoms with Crippen LogP contribution in [0.5, 0.6) is 23.0 Å². The van der Waals surface area contributed by atoms with Crippen molar-refractivity contribution in [3.05, 3.63) is 64.1 Å². The number of para-hydroxylation sites is 1. The van der Waals surface area contributed by atoms with Crippen LogP contribution in [0, 0.1) is 0 Å². The monoisotopic (exact) mass is 472 g/mol. The molecule has 0 unspecified atom stereocenters. The first kappa shape index (κ1) is 24.3. The Hall–Kier alpha value is -3.30. The smallest absolute Gasteiger partial charge is 0.254 e. The van der Waals surface area contributed by atoms with Crippen LogP contribution in [-0.2, 0) is 17.9 Å². The van der Waals surface area contributed by atoms with Crippen LogP contribution in [-0.4, -0.2) is 57.4 Å². The first-order valence-electron chi connectivity index (χ1n) is 10.3. The molecule has 0 radical (unpaired) electrons. The molecule has 0 N–H and O–H groups in total. The van der Waals surface area contributed by atoms with Crippen molar-refractivity contribution in [2.45, 2.75) is 13.2 Å². The zero-order valence-electron chi connectivity index (χ0n) is 19.2. The fourth-order valence-electron chi connectivity index (χ4n) is 3.17. The normalized spacial score (nSPS) is 10.5. The zero-order chi connectivity index (χ0) is 23.6. The highest BCUT2D eigenvalue weighted by atomic mass is 32.1. The van der Waals surface area contributed by atoms with Crippen molar-refractivity contribution >= 4 is 17.2 Å². The minimum absolute atomic E-state index is 0.115. The molecule has 0 fully saturated rings. The molecule has 3 aromatic rings. The summed E-state index contributed by atoms with van der Waals surface area (Å²) in [5, 5.41) is 2.70. The molecule has 0 aliphatic heterocycles. The molecule has 2 aromatic carbocycles. The van der Waals surface area contributed by atoms with Crippen molar-refractivity contribution in [3.8, 4) is 23.0 Å². The van der Waals surface area contributed by atoms with Crippen LogP contribution >= 0.6 is 11.3 Å². The van der Waals surface area contributed by atoms with Crippen LogP contribution in [0.15, 0.2) is 47.8 Å². The van der Waals surface area contributed by atoms with Gasteiger partial charge in [0.25, 0.3) is 5.91 Å². The standard InChI is InChI=1S/C24H28N2O6S/c1-28-12-11-26(24(27)17-7-5-8-19(13-17)29-2)14-18-16-33-22(25-18)15-32-23-20(30-3)9-6-10-21(23)31-4/h5-10,13,16H,11-12,14-15H2,1-4H3. The fourth-order valence-corrected chi connectivity index (χ4v) is 3.87. The zero-order valence-corrected chi connectivity index (χ0v) is 20.0. The van der Waals surface area contributed by atoms with Crippen molar-refractivity contribution in [2.75, 3.05) is 41.6 Å². The van der Waals surface area contributed by atoms with Crippen LogP contribution in [0.3, 0.4) is 0 Å². The van der Waals surface area contributed by atoms with Gasteiger partial charge in [-0.2, -0.15) is 0 Å². The molecular formula is C24H28N2O6S. The molecule has 33 heavy (non-hydrogen) atoms. The number of benzene rings is 2. The van der Waals surface area contributed by atoms with Crippen molar-refractivity contribution in [3.63, 3.8) is 0 Å². The van der Waals surface area contributed by atoms with E-state index in [2.05, 4.69) is 4.98 Å². The van der Waals surface area contributed by atoms with Gasteiger partial charge >= 0.3 is 0 Å². The van der Waals surface area contributed by atoms with Gasteiger partial charge in [0.1, 0.15) is 17.4 Å². The molecule has 9 heteroatoms. The van der Waals surface area contributed by atoms with Crippen molar-refractivity contribution < 1.29 is 28.5 Å². The number of carbonyl (C=O) groups excluding carboxylic acids is 1. The van der Waals surface area contributed by atoms with E-state index in [1.165, 1.54) is 11.3 Å². The molecule has 0 bridgehead atoms. The number of nitrogens with zero attached hydrogens (tertiary/aromatic N) is 2. The van der Waals surface area contributed by atoms with E-state index in [0.29, 0.717) is 48.3 Å². The molecule has 0 saturated carbocycles. The van der Waals surface area contributed by atoms with Crippen molar-refractivity contribution in [1.82, 2.24) is 9.88 Å². The average molecular weight is 473 g/mol. The van der Waals surface area contributed by atoms with Gasteiger partial charge in [-0.05, 0) is 30.3 Å². The summed E-state index contributed by atoms with van der Waals surface area (Å²) in [6.07, 6.45) is 0. The van der Waals surface area contributed by atoms with Crippen LogP contribution in [0.1, 0.15) is 21.1 Å². The Labute approximate surface area is 197 Å². The number of aromatic nitrogens is 1. The summed E-state index contributed by atoms with van der Waals surface area (Å²) in [7, 11) is 6.35. The summed E-state index contributed by atoms with van der Waals surface area (Å²) < 4.78 is 27.1. The van der Waals surface area contributed by atoms with Gasteiger partial charge in [0.2, 0.25) is 5.75 Å². The number of methoxy groups -OCH3 is 4. The van der Waals surface area contributed by atoms with Gasteiger partial charge < -0.3 is 28.6 Å². The van der Waals surface area contributed by atoms with Crippen LogP contribution in [0.25, 0.3) is 0 Å². The minimum atomic E-state index is -0.115. The van der Waals surface area contributed by atoms with E-state index in [1.807, 2.05) is 23.6 Å². The number of thiazole rings is 1. The molecule has 8 nitrogen and oxygen atoms in total. The molecule has 0 spiro atoms. The summed E-state index contributed by atoms with van der Waals surface area (Å²) in [5.41, 5.74) is 1.32. The van der Waals surface area contributed by atoms with E-state index < -0.39 is 0 Å². The lowest BCUT2D eigenvalue weighted by molar-refractivity contribution is 0.0677.